The van der Waals surface area contributed by atoms with E-state index in [-0.39, 0.29) is 0 Å². The minimum atomic E-state index is 0.889. The zero-order valence-electron chi connectivity index (χ0n) is 8.57. The first-order valence-corrected chi connectivity index (χ1v) is 4.83. The van der Waals surface area contributed by atoms with E-state index in [1.54, 1.807) is 0 Å². The first kappa shape index (κ1) is 10.6. The molecule has 1 aromatic carbocycles. The molecule has 0 heterocycles. The van der Waals surface area contributed by atoms with E-state index in [0.29, 0.717) is 0 Å². The Morgan fingerprint density at radius 2 is 2.00 bits per heavy atom. The highest BCUT2D eigenvalue weighted by Crippen LogP contribution is 2.12. The van der Waals surface area contributed by atoms with Gasteiger partial charge in [0.25, 0.3) is 0 Å². The normalized spacial score (nSPS) is 11.1. The Balaban J connectivity index is 2.44. The van der Waals surface area contributed by atoms with E-state index in [2.05, 4.69) is 12.7 Å². The average molecular weight is 188 g/mol. The fourth-order valence-corrected chi connectivity index (χ4v) is 1.12. The van der Waals surface area contributed by atoms with Crippen molar-refractivity contribution in [1.29, 1.82) is 0 Å². The maximum absolute atomic E-state index is 5.59. The van der Waals surface area contributed by atoms with Gasteiger partial charge in [0, 0.05) is 0 Å². The molecule has 1 rings (SSSR count). The summed E-state index contributed by atoms with van der Waals surface area (Å²) in [6, 6.07) is 9.80. The molecule has 0 saturated carbocycles. The van der Waals surface area contributed by atoms with Crippen LogP contribution in [0.1, 0.15) is 19.8 Å². The third kappa shape index (κ3) is 3.94. The Labute approximate surface area is 85.7 Å². The highest BCUT2D eigenvalue weighted by atomic mass is 16.5. The Morgan fingerprint density at radius 3 is 2.64 bits per heavy atom. The van der Waals surface area contributed by atoms with Crippen molar-refractivity contribution in [1.82, 2.24) is 0 Å². The van der Waals surface area contributed by atoms with Crippen LogP contribution in [-0.2, 0) is 0 Å². The standard InChI is InChI=1S/C13H16O/c1-3-4-6-9-12(2)14-13-10-7-5-8-11-13/h3,5,7-11H,1,4,6H2,2H3/b12-9+. The van der Waals surface area contributed by atoms with Crippen molar-refractivity contribution < 1.29 is 4.74 Å². The van der Waals surface area contributed by atoms with Gasteiger partial charge < -0.3 is 4.74 Å². The lowest BCUT2D eigenvalue weighted by Crippen LogP contribution is -1.89. The maximum Gasteiger partial charge on any atom is 0.126 e. The minimum Gasteiger partial charge on any atom is -0.462 e. The van der Waals surface area contributed by atoms with Crippen LogP contribution < -0.4 is 4.74 Å². The zero-order valence-corrected chi connectivity index (χ0v) is 8.57. The van der Waals surface area contributed by atoms with Crippen molar-refractivity contribution in [3.63, 3.8) is 0 Å². The zero-order chi connectivity index (χ0) is 10.2. The Morgan fingerprint density at radius 1 is 1.29 bits per heavy atom. The number of hydrogen-bond donors (Lipinski definition) is 0. The summed E-state index contributed by atoms with van der Waals surface area (Å²) in [5, 5.41) is 0. The average Bonchev–Trinajstić information content (AvgIpc) is 2.20. The molecule has 0 aliphatic rings. The van der Waals surface area contributed by atoms with E-state index < -0.39 is 0 Å². The van der Waals surface area contributed by atoms with Gasteiger partial charge >= 0.3 is 0 Å². The SMILES string of the molecule is C=CCC/C=C(\C)Oc1ccccc1. The summed E-state index contributed by atoms with van der Waals surface area (Å²) in [5.41, 5.74) is 0. The molecule has 14 heavy (non-hydrogen) atoms. The van der Waals surface area contributed by atoms with Gasteiger partial charge in [-0.3, -0.25) is 0 Å². The highest BCUT2D eigenvalue weighted by molar-refractivity contribution is 5.23. The third-order valence-electron chi connectivity index (χ3n) is 1.82. The summed E-state index contributed by atoms with van der Waals surface area (Å²) in [7, 11) is 0. The van der Waals surface area contributed by atoms with Crippen LogP contribution in [0.25, 0.3) is 0 Å². The molecule has 1 heteroatoms. The van der Waals surface area contributed by atoms with Gasteiger partial charge in [-0.2, -0.15) is 0 Å². The number of para-hydroxylation sites is 1. The van der Waals surface area contributed by atoms with E-state index in [4.69, 9.17) is 4.74 Å². The summed E-state index contributed by atoms with van der Waals surface area (Å²) < 4.78 is 5.59. The number of ether oxygens (including phenoxy) is 1. The Kier molecular flexibility index (Phi) is 4.56. The summed E-state index contributed by atoms with van der Waals surface area (Å²) in [6.45, 7) is 5.64. The third-order valence-corrected chi connectivity index (χ3v) is 1.82. The molecule has 1 nitrogen and oxygen atoms in total. The predicted molar refractivity (Wildman–Crippen MR) is 60.3 cm³/mol. The number of hydrogen-bond acceptors (Lipinski definition) is 1. The number of rotatable bonds is 5. The molecular formula is C13H16O. The molecular weight excluding hydrogens is 172 g/mol. The van der Waals surface area contributed by atoms with Crippen LogP contribution in [-0.4, -0.2) is 0 Å². The van der Waals surface area contributed by atoms with Crippen molar-refractivity contribution in [3.8, 4) is 5.75 Å². The summed E-state index contributed by atoms with van der Waals surface area (Å²) in [6.07, 6.45) is 5.97. The first-order valence-electron chi connectivity index (χ1n) is 4.83. The lowest BCUT2D eigenvalue weighted by molar-refractivity contribution is 0.425. The lowest BCUT2D eigenvalue weighted by atomic mass is 10.3. The van der Waals surface area contributed by atoms with Crippen molar-refractivity contribution in [2.45, 2.75) is 19.8 Å². The van der Waals surface area contributed by atoms with Crippen LogP contribution >= 0.6 is 0 Å². The fourth-order valence-electron chi connectivity index (χ4n) is 1.12. The molecule has 0 aromatic heterocycles. The van der Waals surface area contributed by atoms with Crippen LogP contribution in [0.4, 0.5) is 0 Å². The van der Waals surface area contributed by atoms with Gasteiger partial charge in [-0.05, 0) is 38.0 Å². The largest absolute Gasteiger partial charge is 0.462 e. The quantitative estimate of drug-likeness (QED) is 0.386. The van der Waals surface area contributed by atoms with E-state index in [9.17, 15) is 0 Å². The van der Waals surface area contributed by atoms with E-state index in [0.717, 1.165) is 24.4 Å². The van der Waals surface area contributed by atoms with E-state index >= 15 is 0 Å². The molecule has 74 valence electrons. The van der Waals surface area contributed by atoms with Crippen LogP contribution in [0.2, 0.25) is 0 Å². The molecule has 0 spiro atoms. The van der Waals surface area contributed by atoms with Crippen LogP contribution in [0, 0.1) is 0 Å². The van der Waals surface area contributed by atoms with Gasteiger partial charge in [0.1, 0.15) is 5.75 Å². The first-order chi connectivity index (χ1) is 6.83. The molecule has 1 aromatic rings. The minimum absolute atomic E-state index is 0.889. The fraction of sp³-hybridized carbons (Fsp3) is 0.231. The van der Waals surface area contributed by atoms with Crippen molar-refractivity contribution >= 4 is 0 Å². The second kappa shape index (κ2) is 6.03. The van der Waals surface area contributed by atoms with Crippen molar-refractivity contribution in [2.75, 3.05) is 0 Å². The molecule has 0 amide bonds. The van der Waals surface area contributed by atoms with Crippen molar-refractivity contribution in [3.05, 3.63) is 54.8 Å². The van der Waals surface area contributed by atoms with Gasteiger partial charge in [0.15, 0.2) is 0 Å². The number of allylic oxidation sites excluding steroid dienone is 3. The van der Waals surface area contributed by atoms with E-state index in [1.165, 1.54) is 0 Å². The topological polar surface area (TPSA) is 9.23 Å². The molecule has 0 fully saturated rings. The Hall–Kier alpha value is -1.50. The summed E-state index contributed by atoms with van der Waals surface area (Å²) in [5.74, 6) is 1.83. The molecule has 0 aliphatic heterocycles. The molecule has 0 unspecified atom stereocenters. The second-order valence-electron chi connectivity index (χ2n) is 3.10. The van der Waals surface area contributed by atoms with Crippen LogP contribution in [0.15, 0.2) is 54.8 Å². The monoisotopic (exact) mass is 188 g/mol. The Bertz CT molecular complexity index is 298. The number of benzene rings is 1. The predicted octanol–water partition coefficient (Wildman–Crippen LogP) is 3.94. The lowest BCUT2D eigenvalue weighted by Gasteiger charge is -2.04. The molecule has 0 saturated heterocycles. The van der Waals surface area contributed by atoms with Crippen LogP contribution in [0.3, 0.4) is 0 Å². The van der Waals surface area contributed by atoms with Crippen molar-refractivity contribution in [2.24, 2.45) is 0 Å². The van der Waals surface area contributed by atoms with Gasteiger partial charge in [-0.15, -0.1) is 6.58 Å². The molecule has 0 aliphatic carbocycles. The van der Waals surface area contributed by atoms with Gasteiger partial charge in [-0.1, -0.05) is 24.3 Å². The van der Waals surface area contributed by atoms with Gasteiger partial charge in [0.2, 0.25) is 0 Å². The highest BCUT2D eigenvalue weighted by Gasteiger charge is 1.92. The van der Waals surface area contributed by atoms with Crippen LogP contribution in [0.5, 0.6) is 5.75 Å². The number of unbranched alkanes of at least 4 members (excludes halogenated alkanes) is 1. The summed E-state index contributed by atoms with van der Waals surface area (Å²) in [4.78, 5) is 0. The molecule has 0 atom stereocenters. The molecule has 0 radical (unpaired) electrons. The second-order valence-corrected chi connectivity index (χ2v) is 3.10. The maximum atomic E-state index is 5.59. The smallest absolute Gasteiger partial charge is 0.126 e. The van der Waals surface area contributed by atoms with E-state index in [1.807, 2.05) is 43.3 Å². The summed E-state index contributed by atoms with van der Waals surface area (Å²) >= 11 is 0. The van der Waals surface area contributed by atoms with Gasteiger partial charge in [-0.25, -0.2) is 0 Å². The molecule has 0 bridgehead atoms. The van der Waals surface area contributed by atoms with Gasteiger partial charge in [0.05, 0.1) is 5.76 Å². The molecule has 0 N–H and O–H groups in total.